The number of aryl methyl sites for hydroxylation is 1. The van der Waals surface area contributed by atoms with Crippen LogP contribution in [-0.4, -0.2) is 57.3 Å². The van der Waals surface area contributed by atoms with E-state index in [4.69, 9.17) is 5.11 Å². The molecule has 2 aromatic heterocycles. The molecule has 0 bridgehead atoms. The number of hydrogen-bond donors (Lipinski definition) is 2. The van der Waals surface area contributed by atoms with Crippen molar-refractivity contribution in [2.24, 2.45) is 0 Å². The summed E-state index contributed by atoms with van der Waals surface area (Å²) in [5.74, 6) is 0.00131. The van der Waals surface area contributed by atoms with E-state index in [0.29, 0.717) is 30.1 Å². The molecule has 1 aliphatic heterocycles. The first-order chi connectivity index (χ1) is 12.1. The largest absolute Gasteiger partial charge is 0.396 e. The standard InChI is InChI=1S/C18H25N5O2/c1-13-17(12-23(21-13)14-6-8-22(2)11-14)20-16-10-19-7-5-15(16)18(25)4-3-9-24/h5,7,10,12,14,20,24H,3-4,6,8-9,11H2,1-2H3/t14-/m1/s1. The van der Waals surface area contributed by atoms with Crippen LogP contribution in [0.1, 0.15) is 41.4 Å². The molecule has 25 heavy (non-hydrogen) atoms. The predicted octanol–water partition coefficient (Wildman–Crippen LogP) is 2.16. The van der Waals surface area contributed by atoms with Gasteiger partial charge in [0.25, 0.3) is 0 Å². The van der Waals surface area contributed by atoms with Crippen LogP contribution < -0.4 is 5.32 Å². The van der Waals surface area contributed by atoms with Gasteiger partial charge in [0.15, 0.2) is 5.78 Å². The zero-order valence-corrected chi connectivity index (χ0v) is 14.8. The van der Waals surface area contributed by atoms with E-state index in [1.165, 1.54) is 0 Å². The number of anilines is 2. The summed E-state index contributed by atoms with van der Waals surface area (Å²) in [5.41, 5.74) is 3.05. The zero-order chi connectivity index (χ0) is 17.8. The SMILES string of the molecule is Cc1nn([C@@H]2CCN(C)C2)cc1Nc1cnccc1C(=O)CCCO. The van der Waals surface area contributed by atoms with E-state index in [-0.39, 0.29) is 12.4 Å². The van der Waals surface area contributed by atoms with Gasteiger partial charge >= 0.3 is 0 Å². The lowest BCUT2D eigenvalue weighted by Crippen LogP contribution is -2.16. The Hall–Kier alpha value is -2.25. The molecule has 1 atom stereocenters. The number of hydrogen-bond acceptors (Lipinski definition) is 6. The molecule has 1 fully saturated rings. The average Bonchev–Trinajstić information content (AvgIpc) is 3.19. The van der Waals surface area contributed by atoms with Gasteiger partial charge in [-0.1, -0.05) is 0 Å². The molecule has 1 saturated heterocycles. The fourth-order valence-corrected chi connectivity index (χ4v) is 3.18. The van der Waals surface area contributed by atoms with Gasteiger partial charge in [0.2, 0.25) is 0 Å². The monoisotopic (exact) mass is 343 g/mol. The van der Waals surface area contributed by atoms with Gasteiger partial charge in [-0.15, -0.1) is 0 Å². The van der Waals surface area contributed by atoms with E-state index in [0.717, 1.165) is 30.9 Å². The molecule has 1 aliphatic rings. The number of aliphatic hydroxyl groups excluding tert-OH is 1. The maximum absolute atomic E-state index is 12.3. The Kier molecular flexibility index (Phi) is 5.45. The highest BCUT2D eigenvalue weighted by Crippen LogP contribution is 2.27. The van der Waals surface area contributed by atoms with Crippen LogP contribution in [0.4, 0.5) is 11.4 Å². The second-order valence-electron chi connectivity index (χ2n) is 6.61. The Bertz CT molecular complexity index is 743. The lowest BCUT2D eigenvalue weighted by atomic mass is 10.1. The number of ketones is 1. The quantitative estimate of drug-likeness (QED) is 0.750. The Labute approximate surface area is 147 Å². The first-order valence-electron chi connectivity index (χ1n) is 8.68. The van der Waals surface area contributed by atoms with Crippen molar-refractivity contribution >= 4 is 17.2 Å². The number of nitrogens with one attached hydrogen (secondary N) is 1. The van der Waals surface area contributed by atoms with Gasteiger partial charge in [0.05, 0.1) is 29.3 Å². The second-order valence-corrected chi connectivity index (χ2v) is 6.61. The number of carbonyl (C=O) groups excluding carboxylic acids is 1. The van der Waals surface area contributed by atoms with Gasteiger partial charge in [0, 0.05) is 37.5 Å². The Balaban J connectivity index is 1.79. The molecule has 0 aromatic carbocycles. The van der Waals surface area contributed by atoms with Crippen LogP contribution in [-0.2, 0) is 0 Å². The number of likely N-dealkylation sites (tertiary alicyclic amines) is 1. The van der Waals surface area contributed by atoms with E-state index in [1.807, 2.05) is 17.8 Å². The highest BCUT2D eigenvalue weighted by atomic mass is 16.3. The summed E-state index contributed by atoms with van der Waals surface area (Å²) in [6.07, 6.45) is 7.16. The molecule has 3 rings (SSSR count). The third kappa shape index (κ3) is 4.05. The first-order valence-corrected chi connectivity index (χ1v) is 8.68. The van der Waals surface area contributed by atoms with Gasteiger partial charge in [0.1, 0.15) is 0 Å². The molecule has 0 aliphatic carbocycles. The van der Waals surface area contributed by atoms with Crippen LogP contribution in [0.5, 0.6) is 0 Å². The van der Waals surface area contributed by atoms with Crippen molar-refractivity contribution in [3.63, 3.8) is 0 Å². The van der Waals surface area contributed by atoms with Crippen LogP contribution in [0.3, 0.4) is 0 Å². The van der Waals surface area contributed by atoms with E-state index < -0.39 is 0 Å². The molecule has 7 nitrogen and oxygen atoms in total. The molecule has 2 N–H and O–H groups in total. The molecule has 0 radical (unpaired) electrons. The van der Waals surface area contributed by atoms with E-state index >= 15 is 0 Å². The summed E-state index contributed by atoms with van der Waals surface area (Å²) in [7, 11) is 2.12. The van der Waals surface area contributed by atoms with Crippen LogP contribution in [0.2, 0.25) is 0 Å². The lowest BCUT2D eigenvalue weighted by Gasteiger charge is -2.11. The topological polar surface area (TPSA) is 83.3 Å². The third-order valence-electron chi connectivity index (χ3n) is 4.61. The molecule has 2 aromatic rings. The van der Waals surface area contributed by atoms with Crippen LogP contribution in [0.25, 0.3) is 0 Å². The summed E-state index contributed by atoms with van der Waals surface area (Å²) in [5, 5.41) is 16.9. The third-order valence-corrected chi connectivity index (χ3v) is 4.61. The molecule has 0 spiro atoms. The van der Waals surface area contributed by atoms with Crippen LogP contribution in [0, 0.1) is 6.92 Å². The van der Waals surface area contributed by atoms with Crippen molar-refractivity contribution in [3.8, 4) is 0 Å². The van der Waals surface area contributed by atoms with E-state index in [9.17, 15) is 4.79 Å². The molecular weight excluding hydrogens is 318 g/mol. The summed E-state index contributed by atoms with van der Waals surface area (Å²) in [6.45, 7) is 4.05. The van der Waals surface area contributed by atoms with Gasteiger partial charge < -0.3 is 15.3 Å². The maximum Gasteiger partial charge on any atom is 0.165 e. The predicted molar refractivity (Wildman–Crippen MR) is 96.3 cm³/mol. The number of carbonyl (C=O) groups is 1. The molecule has 134 valence electrons. The van der Waals surface area contributed by atoms with Crippen molar-refractivity contribution in [1.82, 2.24) is 19.7 Å². The van der Waals surface area contributed by atoms with Crippen molar-refractivity contribution in [2.75, 3.05) is 32.1 Å². The number of Topliss-reactive ketones (excluding diaryl/α,β-unsaturated/α-hetero) is 1. The normalized spacial score (nSPS) is 17.8. The minimum absolute atomic E-state index is 0.00131. The average molecular weight is 343 g/mol. The lowest BCUT2D eigenvalue weighted by molar-refractivity contribution is 0.0972. The number of aliphatic hydroxyl groups is 1. The van der Waals surface area contributed by atoms with Gasteiger partial charge in [-0.2, -0.15) is 5.10 Å². The number of rotatable bonds is 7. The molecule has 3 heterocycles. The van der Waals surface area contributed by atoms with Crippen LogP contribution >= 0.6 is 0 Å². The number of nitrogens with zero attached hydrogens (tertiary/aromatic N) is 4. The molecule has 0 unspecified atom stereocenters. The Morgan fingerprint density at radius 2 is 2.28 bits per heavy atom. The molecular formula is C18H25N5O2. The summed E-state index contributed by atoms with van der Waals surface area (Å²) < 4.78 is 2.02. The summed E-state index contributed by atoms with van der Waals surface area (Å²) in [6, 6.07) is 2.10. The summed E-state index contributed by atoms with van der Waals surface area (Å²) in [4.78, 5) is 18.8. The highest BCUT2D eigenvalue weighted by Gasteiger charge is 2.23. The Morgan fingerprint density at radius 1 is 1.44 bits per heavy atom. The minimum atomic E-state index is 0.00131. The molecule has 7 heteroatoms. The van der Waals surface area contributed by atoms with Gasteiger partial charge in [-0.05, 0) is 39.4 Å². The van der Waals surface area contributed by atoms with Crippen molar-refractivity contribution in [3.05, 3.63) is 35.9 Å². The fraction of sp³-hybridized carbons (Fsp3) is 0.500. The van der Waals surface area contributed by atoms with Crippen molar-refractivity contribution in [2.45, 2.75) is 32.2 Å². The van der Waals surface area contributed by atoms with Crippen molar-refractivity contribution in [1.29, 1.82) is 0 Å². The second kappa shape index (κ2) is 7.76. The molecule has 0 amide bonds. The zero-order valence-electron chi connectivity index (χ0n) is 14.8. The highest BCUT2D eigenvalue weighted by molar-refractivity contribution is 6.01. The number of aromatic nitrogens is 3. The van der Waals surface area contributed by atoms with Gasteiger partial charge in [-0.3, -0.25) is 14.5 Å². The summed E-state index contributed by atoms with van der Waals surface area (Å²) >= 11 is 0. The van der Waals surface area contributed by atoms with E-state index in [2.05, 4.69) is 27.3 Å². The minimum Gasteiger partial charge on any atom is -0.396 e. The smallest absolute Gasteiger partial charge is 0.165 e. The first kappa shape index (κ1) is 17.6. The van der Waals surface area contributed by atoms with Gasteiger partial charge in [-0.25, -0.2) is 0 Å². The van der Waals surface area contributed by atoms with E-state index in [1.54, 1.807) is 18.5 Å². The Morgan fingerprint density at radius 3 is 3.00 bits per heavy atom. The number of pyridine rings is 1. The molecule has 0 saturated carbocycles. The fourth-order valence-electron chi connectivity index (χ4n) is 3.18. The van der Waals surface area contributed by atoms with Crippen molar-refractivity contribution < 1.29 is 9.90 Å². The number of likely N-dealkylation sites (N-methyl/N-ethyl adjacent to an activating group) is 1. The maximum atomic E-state index is 12.3. The van der Waals surface area contributed by atoms with Crippen LogP contribution in [0.15, 0.2) is 24.7 Å².